The number of furan rings is 1. The fourth-order valence-corrected chi connectivity index (χ4v) is 2.83. The van der Waals surface area contributed by atoms with Gasteiger partial charge in [-0.1, -0.05) is 11.6 Å². The molecule has 0 amide bonds. The summed E-state index contributed by atoms with van der Waals surface area (Å²) in [5.41, 5.74) is 9.45. The van der Waals surface area contributed by atoms with Crippen LogP contribution in [0.25, 0.3) is 5.52 Å². The van der Waals surface area contributed by atoms with Crippen molar-refractivity contribution in [2.24, 2.45) is 5.73 Å². The van der Waals surface area contributed by atoms with E-state index in [4.69, 9.17) is 21.8 Å². The lowest BCUT2D eigenvalue weighted by atomic mass is 10.0. The van der Waals surface area contributed by atoms with Crippen LogP contribution in [0, 0.1) is 6.92 Å². The number of fused-ring (bicyclic) bond motifs is 1. The highest BCUT2D eigenvalue weighted by Gasteiger charge is 2.17. The molecule has 24 heavy (non-hydrogen) atoms. The highest BCUT2D eigenvalue weighted by molar-refractivity contribution is 6.29. The van der Waals surface area contributed by atoms with E-state index in [1.165, 1.54) is 6.92 Å². The number of halogens is 2. The third kappa shape index (κ3) is 3.39. The number of anilines is 1. The minimum atomic E-state index is -1.07. The molecule has 5 nitrogen and oxygen atoms in total. The largest absolute Gasteiger partial charge is 0.467 e. The topological polar surface area (TPSA) is 68.5 Å². The third-order valence-corrected chi connectivity index (χ3v) is 4.32. The molecule has 0 aliphatic rings. The Morgan fingerprint density at radius 1 is 1.46 bits per heavy atom. The van der Waals surface area contributed by atoms with Gasteiger partial charge in [0.05, 0.1) is 24.0 Å². The molecule has 0 aliphatic heterocycles. The highest BCUT2D eigenvalue weighted by Crippen LogP contribution is 2.26. The van der Waals surface area contributed by atoms with Gasteiger partial charge in [0.15, 0.2) is 5.15 Å². The fraction of sp³-hybridized carbons (Fsp3) is 0.353. The Hall–Kier alpha value is -2.05. The smallest absolute Gasteiger partial charge is 0.152 e. The number of nitrogens with two attached hydrogens (primary N) is 1. The van der Waals surface area contributed by atoms with Crippen LogP contribution in [0.15, 0.2) is 34.9 Å². The molecule has 0 aromatic carbocycles. The zero-order valence-corrected chi connectivity index (χ0v) is 14.3. The van der Waals surface area contributed by atoms with Gasteiger partial charge in [-0.05, 0) is 44.0 Å². The van der Waals surface area contributed by atoms with E-state index in [9.17, 15) is 4.39 Å². The number of nitrogens with zero attached hydrogens (tertiary/aromatic N) is 2. The van der Waals surface area contributed by atoms with Crippen LogP contribution >= 0.6 is 11.6 Å². The van der Waals surface area contributed by atoms with Crippen molar-refractivity contribution >= 4 is 22.8 Å². The molecule has 3 aromatic rings. The lowest BCUT2D eigenvalue weighted by molar-refractivity contribution is 0.304. The Morgan fingerprint density at radius 2 is 2.25 bits per heavy atom. The van der Waals surface area contributed by atoms with Crippen LogP contribution < -0.4 is 11.1 Å². The molecule has 0 radical (unpaired) electrons. The minimum Gasteiger partial charge on any atom is -0.467 e. The van der Waals surface area contributed by atoms with Crippen molar-refractivity contribution in [1.29, 1.82) is 0 Å². The predicted molar refractivity (Wildman–Crippen MR) is 93.2 cm³/mol. The van der Waals surface area contributed by atoms with Gasteiger partial charge in [-0.3, -0.25) is 0 Å². The summed E-state index contributed by atoms with van der Waals surface area (Å²) >= 11 is 6.14. The molecule has 0 saturated heterocycles. The van der Waals surface area contributed by atoms with Crippen molar-refractivity contribution in [2.75, 3.05) is 5.32 Å². The average Bonchev–Trinajstić information content (AvgIpc) is 3.15. The summed E-state index contributed by atoms with van der Waals surface area (Å²) < 4.78 is 20.5. The maximum absolute atomic E-state index is 13.4. The molecule has 128 valence electrons. The first-order valence-electron chi connectivity index (χ1n) is 7.79. The molecule has 3 aromatic heterocycles. The standard InChI is InChI=1S/C17H20ClFN4O/c1-10(19)14(20)6-12-7-16-15(21-9-13-4-3-5-24-13)8-17(18)22-23(16)11(12)2/h3-5,7-8,10,14,21H,6,9,20H2,1-2H3/t10-,14+/m0/s1. The number of hydrogen-bond acceptors (Lipinski definition) is 4. The summed E-state index contributed by atoms with van der Waals surface area (Å²) in [4.78, 5) is 0. The van der Waals surface area contributed by atoms with Gasteiger partial charge in [0.1, 0.15) is 11.9 Å². The molecule has 0 fully saturated rings. The van der Waals surface area contributed by atoms with Crippen LogP contribution in [-0.4, -0.2) is 21.8 Å². The van der Waals surface area contributed by atoms with E-state index in [0.29, 0.717) is 18.1 Å². The van der Waals surface area contributed by atoms with Gasteiger partial charge in [-0.15, -0.1) is 0 Å². The average molecular weight is 351 g/mol. The summed E-state index contributed by atoms with van der Waals surface area (Å²) in [5, 5.41) is 8.01. The van der Waals surface area contributed by atoms with Crippen LogP contribution in [0.3, 0.4) is 0 Å². The molecule has 0 unspecified atom stereocenters. The van der Waals surface area contributed by atoms with E-state index in [-0.39, 0.29) is 0 Å². The maximum Gasteiger partial charge on any atom is 0.152 e. The van der Waals surface area contributed by atoms with Crippen molar-refractivity contribution in [3.05, 3.63) is 52.7 Å². The molecule has 0 bridgehead atoms. The zero-order valence-electron chi connectivity index (χ0n) is 13.6. The van der Waals surface area contributed by atoms with E-state index in [2.05, 4.69) is 10.4 Å². The second-order valence-corrected chi connectivity index (χ2v) is 6.30. The summed E-state index contributed by atoms with van der Waals surface area (Å²) in [6, 6.07) is 6.93. The fourth-order valence-electron chi connectivity index (χ4n) is 2.65. The summed E-state index contributed by atoms with van der Waals surface area (Å²) in [7, 11) is 0. The molecule has 2 atom stereocenters. The molecule has 0 spiro atoms. The first kappa shape index (κ1) is 16.8. The Kier molecular flexibility index (Phi) is 4.78. The van der Waals surface area contributed by atoms with Gasteiger partial charge in [0, 0.05) is 17.8 Å². The quantitative estimate of drug-likeness (QED) is 0.710. The third-order valence-electron chi connectivity index (χ3n) is 4.14. The first-order valence-corrected chi connectivity index (χ1v) is 8.17. The van der Waals surface area contributed by atoms with E-state index in [0.717, 1.165) is 28.2 Å². The van der Waals surface area contributed by atoms with Gasteiger partial charge in [-0.25, -0.2) is 8.91 Å². The van der Waals surface area contributed by atoms with Crippen molar-refractivity contribution in [3.8, 4) is 0 Å². The maximum atomic E-state index is 13.4. The zero-order chi connectivity index (χ0) is 17.3. The molecule has 3 heterocycles. The number of aromatic nitrogens is 2. The van der Waals surface area contributed by atoms with Crippen molar-refractivity contribution < 1.29 is 8.81 Å². The molecule has 0 aliphatic carbocycles. The lowest BCUT2D eigenvalue weighted by Crippen LogP contribution is -2.31. The van der Waals surface area contributed by atoms with Crippen molar-refractivity contribution in [1.82, 2.24) is 9.61 Å². The van der Waals surface area contributed by atoms with Crippen LogP contribution in [0.1, 0.15) is 23.9 Å². The van der Waals surface area contributed by atoms with Crippen molar-refractivity contribution in [3.63, 3.8) is 0 Å². The molecular formula is C17H20ClFN4O. The Balaban J connectivity index is 1.94. The lowest BCUT2D eigenvalue weighted by Gasteiger charge is -2.12. The van der Waals surface area contributed by atoms with Crippen LogP contribution in [0.2, 0.25) is 5.15 Å². The summed E-state index contributed by atoms with van der Waals surface area (Å²) in [5.74, 6) is 0.817. The molecular weight excluding hydrogens is 331 g/mol. The number of nitrogens with one attached hydrogen (secondary N) is 1. The van der Waals surface area contributed by atoms with E-state index < -0.39 is 12.2 Å². The number of aryl methyl sites for hydroxylation is 1. The molecule has 0 saturated carbocycles. The van der Waals surface area contributed by atoms with Crippen LogP contribution in [0.5, 0.6) is 0 Å². The summed E-state index contributed by atoms with van der Waals surface area (Å²) in [6.07, 6.45) is 1.01. The van der Waals surface area contributed by atoms with E-state index >= 15 is 0 Å². The van der Waals surface area contributed by atoms with Crippen LogP contribution in [-0.2, 0) is 13.0 Å². The summed E-state index contributed by atoms with van der Waals surface area (Å²) in [6.45, 7) is 3.93. The number of alkyl halides is 1. The van der Waals surface area contributed by atoms with Gasteiger partial charge in [0.2, 0.25) is 0 Å². The molecule has 7 heteroatoms. The number of rotatable bonds is 6. The van der Waals surface area contributed by atoms with Gasteiger partial charge in [-0.2, -0.15) is 5.10 Å². The Morgan fingerprint density at radius 3 is 2.92 bits per heavy atom. The van der Waals surface area contributed by atoms with Gasteiger partial charge < -0.3 is 15.5 Å². The Labute approximate surface area is 144 Å². The second kappa shape index (κ2) is 6.83. The highest BCUT2D eigenvalue weighted by atomic mass is 35.5. The number of hydrogen-bond donors (Lipinski definition) is 2. The SMILES string of the molecule is Cc1c(C[C@@H](N)[C@H](C)F)cc2c(NCc3ccco3)cc(Cl)nn12. The van der Waals surface area contributed by atoms with Crippen molar-refractivity contribution in [2.45, 2.75) is 39.0 Å². The second-order valence-electron chi connectivity index (χ2n) is 5.91. The molecule has 3 N–H and O–H groups in total. The Bertz CT molecular complexity index is 829. The van der Waals surface area contributed by atoms with Gasteiger partial charge >= 0.3 is 0 Å². The normalized spacial score (nSPS) is 14.0. The monoisotopic (exact) mass is 350 g/mol. The minimum absolute atomic E-state index is 0.373. The van der Waals surface area contributed by atoms with E-state index in [1.54, 1.807) is 16.8 Å². The van der Waals surface area contributed by atoms with Crippen LogP contribution in [0.4, 0.5) is 10.1 Å². The first-order chi connectivity index (χ1) is 11.5. The van der Waals surface area contributed by atoms with E-state index in [1.807, 2.05) is 25.1 Å². The molecule has 3 rings (SSSR count). The predicted octanol–water partition coefficient (Wildman–Crippen LogP) is 3.73. The van der Waals surface area contributed by atoms with Gasteiger partial charge in [0.25, 0.3) is 0 Å².